The topological polar surface area (TPSA) is 47.3 Å². The zero-order chi connectivity index (χ0) is 12.5. The van der Waals surface area contributed by atoms with Crippen molar-refractivity contribution in [2.24, 2.45) is 5.41 Å². The first kappa shape index (κ1) is 12.1. The van der Waals surface area contributed by atoms with E-state index in [0.29, 0.717) is 11.5 Å². The summed E-state index contributed by atoms with van der Waals surface area (Å²) in [6.07, 6.45) is 3.80. The largest absolute Gasteiger partial charge is 0.497 e. The fraction of sp³-hybridized carbons (Fsp3) is 0.571. The van der Waals surface area contributed by atoms with Gasteiger partial charge in [-0.05, 0) is 24.3 Å². The molecule has 0 radical (unpaired) electrons. The first-order valence-corrected chi connectivity index (χ1v) is 6.22. The summed E-state index contributed by atoms with van der Waals surface area (Å²) < 4.78 is 5.23. The molecule has 1 saturated carbocycles. The molecule has 1 aromatic rings. The van der Waals surface area contributed by atoms with E-state index < -0.39 is 0 Å². The number of nitrogen functional groups attached to an aromatic ring is 1. The van der Waals surface area contributed by atoms with Gasteiger partial charge in [0, 0.05) is 29.5 Å². The van der Waals surface area contributed by atoms with Gasteiger partial charge in [-0.25, -0.2) is 0 Å². The van der Waals surface area contributed by atoms with Crippen LogP contribution in [-0.4, -0.2) is 13.2 Å². The second kappa shape index (κ2) is 4.47. The van der Waals surface area contributed by atoms with Crippen molar-refractivity contribution in [1.82, 2.24) is 0 Å². The van der Waals surface area contributed by atoms with Gasteiger partial charge in [0.2, 0.25) is 0 Å². The summed E-state index contributed by atoms with van der Waals surface area (Å²) in [5, 5.41) is 3.59. The number of hydrogen-bond donors (Lipinski definition) is 2. The number of hydrogen-bond acceptors (Lipinski definition) is 3. The number of nitrogens with two attached hydrogens (primary N) is 1. The maximum atomic E-state index is 5.86. The molecule has 0 spiro atoms. The molecule has 3 heteroatoms. The summed E-state index contributed by atoms with van der Waals surface area (Å²) in [6, 6.07) is 6.33. The van der Waals surface area contributed by atoms with Crippen LogP contribution in [0.15, 0.2) is 18.2 Å². The zero-order valence-corrected chi connectivity index (χ0v) is 10.9. The van der Waals surface area contributed by atoms with Crippen LogP contribution in [0.4, 0.5) is 11.4 Å². The molecular weight excluding hydrogens is 212 g/mol. The smallest absolute Gasteiger partial charge is 0.122 e. The molecule has 0 saturated heterocycles. The Bertz CT molecular complexity index is 401. The van der Waals surface area contributed by atoms with Crippen LogP contribution in [0.3, 0.4) is 0 Å². The molecule has 1 aliphatic rings. The van der Waals surface area contributed by atoms with Gasteiger partial charge >= 0.3 is 0 Å². The minimum absolute atomic E-state index is 0.359. The third-order valence-electron chi connectivity index (χ3n) is 3.76. The van der Waals surface area contributed by atoms with Crippen molar-refractivity contribution in [3.63, 3.8) is 0 Å². The molecule has 0 aliphatic heterocycles. The second-order valence-electron chi connectivity index (χ2n) is 5.57. The highest BCUT2D eigenvalue weighted by molar-refractivity contribution is 5.59. The number of methoxy groups -OCH3 is 1. The molecule has 1 atom stereocenters. The van der Waals surface area contributed by atoms with E-state index in [9.17, 15) is 0 Å². The lowest BCUT2D eigenvalue weighted by Crippen LogP contribution is -2.30. The fourth-order valence-electron chi connectivity index (χ4n) is 2.62. The molecule has 3 nitrogen and oxygen atoms in total. The Hall–Kier alpha value is -1.38. The maximum absolute atomic E-state index is 5.86. The molecule has 0 aromatic heterocycles. The quantitative estimate of drug-likeness (QED) is 0.789. The van der Waals surface area contributed by atoms with Crippen molar-refractivity contribution < 1.29 is 4.74 Å². The number of rotatable bonds is 3. The molecule has 0 bridgehead atoms. The van der Waals surface area contributed by atoms with Crippen LogP contribution in [0.2, 0.25) is 0 Å². The standard InChI is InChI=1S/C14H22N2O/c1-14(2)6-4-5-13(14)16-11-7-10(15)8-12(9-11)17-3/h7-9,13,16H,4-6,15H2,1-3H3. The summed E-state index contributed by atoms with van der Waals surface area (Å²) in [6.45, 7) is 4.64. The molecule has 3 N–H and O–H groups in total. The normalized spacial score (nSPS) is 22.4. The zero-order valence-electron chi connectivity index (χ0n) is 10.9. The summed E-state index contributed by atoms with van der Waals surface area (Å²) in [4.78, 5) is 0. The summed E-state index contributed by atoms with van der Waals surface area (Å²) in [7, 11) is 1.66. The average molecular weight is 234 g/mol. The van der Waals surface area contributed by atoms with Crippen molar-refractivity contribution in [2.45, 2.75) is 39.2 Å². The predicted molar refractivity (Wildman–Crippen MR) is 72.4 cm³/mol. The molecule has 0 amide bonds. The second-order valence-corrected chi connectivity index (χ2v) is 5.57. The lowest BCUT2D eigenvalue weighted by Gasteiger charge is -2.29. The fourth-order valence-corrected chi connectivity index (χ4v) is 2.62. The van der Waals surface area contributed by atoms with E-state index in [1.807, 2.05) is 18.2 Å². The van der Waals surface area contributed by atoms with Crippen LogP contribution in [-0.2, 0) is 0 Å². The SMILES string of the molecule is COc1cc(N)cc(NC2CCCC2(C)C)c1. The average Bonchev–Trinajstić information content (AvgIpc) is 2.57. The van der Waals surface area contributed by atoms with E-state index in [1.165, 1.54) is 19.3 Å². The van der Waals surface area contributed by atoms with Crippen LogP contribution < -0.4 is 15.8 Å². The highest BCUT2D eigenvalue weighted by Crippen LogP contribution is 2.39. The molecule has 17 heavy (non-hydrogen) atoms. The van der Waals surface area contributed by atoms with Crippen LogP contribution in [0.5, 0.6) is 5.75 Å². The lowest BCUT2D eigenvalue weighted by molar-refractivity contribution is 0.350. The summed E-state index contributed by atoms with van der Waals surface area (Å²) in [5.74, 6) is 0.809. The first-order valence-electron chi connectivity index (χ1n) is 6.22. The van der Waals surface area contributed by atoms with E-state index >= 15 is 0 Å². The highest BCUT2D eigenvalue weighted by atomic mass is 16.5. The summed E-state index contributed by atoms with van der Waals surface area (Å²) >= 11 is 0. The number of benzene rings is 1. The van der Waals surface area contributed by atoms with Crippen molar-refractivity contribution in [2.75, 3.05) is 18.2 Å². The van der Waals surface area contributed by atoms with Crippen molar-refractivity contribution in [3.8, 4) is 5.75 Å². The number of nitrogens with one attached hydrogen (secondary N) is 1. The molecule has 1 unspecified atom stereocenters. The van der Waals surface area contributed by atoms with Gasteiger partial charge in [-0.2, -0.15) is 0 Å². The molecule has 1 aromatic carbocycles. The number of anilines is 2. The number of ether oxygens (including phenoxy) is 1. The highest BCUT2D eigenvalue weighted by Gasteiger charge is 2.34. The van der Waals surface area contributed by atoms with Gasteiger partial charge in [-0.15, -0.1) is 0 Å². The van der Waals surface area contributed by atoms with E-state index in [1.54, 1.807) is 7.11 Å². The van der Waals surface area contributed by atoms with Crippen LogP contribution in [0, 0.1) is 5.41 Å². The van der Waals surface area contributed by atoms with Gasteiger partial charge in [0.15, 0.2) is 0 Å². The van der Waals surface area contributed by atoms with Gasteiger partial charge in [0.1, 0.15) is 5.75 Å². The third kappa shape index (κ3) is 2.65. The van der Waals surface area contributed by atoms with E-state index in [-0.39, 0.29) is 0 Å². The van der Waals surface area contributed by atoms with Crippen molar-refractivity contribution in [1.29, 1.82) is 0 Å². The van der Waals surface area contributed by atoms with E-state index in [2.05, 4.69) is 19.2 Å². The van der Waals surface area contributed by atoms with Gasteiger partial charge in [-0.1, -0.05) is 20.3 Å². The molecule has 94 valence electrons. The monoisotopic (exact) mass is 234 g/mol. The van der Waals surface area contributed by atoms with Crippen molar-refractivity contribution >= 4 is 11.4 Å². The third-order valence-corrected chi connectivity index (χ3v) is 3.76. The molecule has 2 rings (SSSR count). The Balaban J connectivity index is 2.15. The Labute approximate surface area is 103 Å². The maximum Gasteiger partial charge on any atom is 0.122 e. The van der Waals surface area contributed by atoms with Gasteiger partial charge < -0.3 is 15.8 Å². The Morgan fingerprint density at radius 3 is 2.71 bits per heavy atom. The molecule has 1 aliphatic carbocycles. The van der Waals surface area contributed by atoms with Crippen molar-refractivity contribution in [3.05, 3.63) is 18.2 Å². The predicted octanol–water partition coefficient (Wildman–Crippen LogP) is 3.27. The van der Waals surface area contributed by atoms with Gasteiger partial charge in [0.05, 0.1) is 7.11 Å². The van der Waals surface area contributed by atoms with E-state index in [0.717, 1.165) is 17.1 Å². The lowest BCUT2D eigenvalue weighted by atomic mass is 9.87. The molecular formula is C14H22N2O. The Morgan fingerprint density at radius 1 is 1.35 bits per heavy atom. The summed E-state index contributed by atoms with van der Waals surface area (Å²) in [5.41, 5.74) is 8.01. The van der Waals surface area contributed by atoms with E-state index in [4.69, 9.17) is 10.5 Å². The Morgan fingerprint density at radius 2 is 2.12 bits per heavy atom. The van der Waals surface area contributed by atoms with Gasteiger partial charge in [0.25, 0.3) is 0 Å². The van der Waals surface area contributed by atoms with Crippen LogP contribution >= 0.6 is 0 Å². The van der Waals surface area contributed by atoms with Crippen LogP contribution in [0.1, 0.15) is 33.1 Å². The van der Waals surface area contributed by atoms with Gasteiger partial charge in [-0.3, -0.25) is 0 Å². The molecule has 1 fully saturated rings. The first-order chi connectivity index (χ1) is 8.01. The minimum Gasteiger partial charge on any atom is -0.497 e. The molecule has 0 heterocycles. The van der Waals surface area contributed by atoms with Crippen LogP contribution in [0.25, 0.3) is 0 Å². The Kier molecular flexibility index (Phi) is 3.18. The minimum atomic E-state index is 0.359.